The van der Waals surface area contributed by atoms with Crippen LogP contribution < -0.4 is 4.74 Å². The van der Waals surface area contributed by atoms with E-state index in [0.717, 1.165) is 19.3 Å². The Morgan fingerprint density at radius 2 is 2.24 bits per heavy atom. The molecular formula is C13H17FN2O. The van der Waals surface area contributed by atoms with E-state index in [2.05, 4.69) is 11.1 Å². The Morgan fingerprint density at radius 3 is 2.88 bits per heavy atom. The lowest BCUT2D eigenvalue weighted by Gasteiger charge is -2.14. The van der Waals surface area contributed by atoms with Crippen molar-refractivity contribution in [1.82, 2.24) is 4.98 Å². The van der Waals surface area contributed by atoms with Gasteiger partial charge in [0.05, 0.1) is 18.1 Å². The highest BCUT2D eigenvalue weighted by Crippen LogP contribution is 2.21. The lowest BCUT2D eigenvalue weighted by molar-refractivity contribution is 0.279. The maximum absolute atomic E-state index is 13.1. The van der Waals surface area contributed by atoms with E-state index in [-0.39, 0.29) is 11.2 Å². The van der Waals surface area contributed by atoms with E-state index in [1.165, 1.54) is 6.20 Å². The van der Waals surface area contributed by atoms with Crippen LogP contribution in [0.15, 0.2) is 18.3 Å². The van der Waals surface area contributed by atoms with Crippen molar-refractivity contribution >= 4 is 0 Å². The van der Waals surface area contributed by atoms with Crippen molar-refractivity contribution in [3.63, 3.8) is 0 Å². The average molecular weight is 236 g/mol. The molecule has 0 aromatic carbocycles. The second kappa shape index (κ2) is 6.19. The van der Waals surface area contributed by atoms with Crippen LogP contribution in [0.1, 0.15) is 33.1 Å². The molecule has 0 saturated heterocycles. The van der Waals surface area contributed by atoms with Crippen LogP contribution in [0.4, 0.5) is 4.39 Å². The summed E-state index contributed by atoms with van der Waals surface area (Å²) < 4.78 is 18.3. The zero-order valence-electron chi connectivity index (χ0n) is 10.2. The zero-order valence-corrected chi connectivity index (χ0v) is 10.2. The molecule has 0 atom stereocenters. The van der Waals surface area contributed by atoms with Crippen molar-refractivity contribution in [1.29, 1.82) is 5.26 Å². The minimum atomic E-state index is -0.579. The summed E-state index contributed by atoms with van der Waals surface area (Å²) >= 11 is 0. The molecule has 1 aromatic heterocycles. The van der Waals surface area contributed by atoms with E-state index in [4.69, 9.17) is 10.00 Å². The number of rotatable bonds is 6. The van der Waals surface area contributed by atoms with Crippen LogP contribution in [0, 0.1) is 22.7 Å². The predicted octanol–water partition coefficient (Wildman–Crippen LogP) is 3.32. The standard InChI is InChI=1S/C13H17FN2O/c1-13(2,10-15)7-3-4-9-17-11-6-5-8-16-12(11)14/h5-6,8H,3-4,7,9H2,1-2H3. The minimum absolute atomic E-state index is 0.187. The predicted molar refractivity (Wildman–Crippen MR) is 62.9 cm³/mol. The summed E-state index contributed by atoms with van der Waals surface area (Å²) in [5.74, 6) is -0.392. The lowest BCUT2D eigenvalue weighted by Crippen LogP contribution is -2.08. The summed E-state index contributed by atoms with van der Waals surface area (Å²) in [5, 5.41) is 8.83. The van der Waals surface area contributed by atoms with Crippen molar-refractivity contribution in [2.75, 3.05) is 6.61 Å². The SMILES string of the molecule is CC(C)(C#N)CCCCOc1cccnc1F. The maximum atomic E-state index is 13.1. The van der Waals surface area contributed by atoms with E-state index >= 15 is 0 Å². The van der Waals surface area contributed by atoms with Crippen LogP contribution in [0.5, 0.6) is 5.75 Å². The number of halogens is 1. The van der Waals surface area contributed by atoms with Gasteiger partial charge in [0.1, 0.15) is 0 Å². The van der Waals surface area contributed by atoms with E-state index in [1.54, 1.807) is 12.1 Å². The molecule has 0 radical (unpaired) electrons. The van der Waals surface area contributed by atoms with Gasteiger partial charge in [-0.3, -0.25) is 0 Å². The Balaban J connectivity index is 2.22. The molecule has 1 aromatic rings. The summed E-state index contributed by atoms with van der Waals surface area (Å²) in [4.78, 5) is 3.50. The number of ether oxygens (including phenoxy) is 1. The Kier molecular flexibility index (Phi) is 4.89. The molecule has 17 heavy (non-hydrogen) atoms. The van der Waals surface area contributed by atoms with Gasteiger partial charge in [-0.25, -0.2) is 4.98 Å². The van der Waals surface area contributed by atoms with Gasteiger partial charge < -0.3 is 4.74 Å². The molecule has 0 amide bonds. The lowest BCUT2D eigenvalue weighted by atomic mass is 9.89. The Hall–Kier alpha value is -1.63. The van der Waals surface area contributed by atoms with Crippen LogP contribution >= 0.6 is 0 Å². The number of nitriles is 1. The third kappa shape index (κ3) is 4.81. The summed E-state index contributed by atoms with van der Waals surface area (Å²) in [6.07, 6.45) is 3.90. The maximum Gasteiger partial charge on any atom is 0.255 e. The Morgan fingerprint density at radius 1 is 1.47 bits per heavy atom. The van der Waals surface area contributed by atoms with E-state index in [1.807, 2.05) is 13.8 Å². The van der Waals surface area contributed by atoms with Crippen molar-refractivity contribution < 1.29 is 9.13 Å². The topological polar surface area (TPSA) is 45.9 Å². The van der Waals surface area contributed by atoms with Gasteiger partial charge >= 0.3 is 0 Å². The molecule has 1 rings (SSSR count). The van der Waals surface area contributed by atoms with Crippen LogP contribution in [0.3, 0.4) is 0 Å². The second-order valence-electron chi connectivity index (χ2n) is 4.59. The highest BCUT2D eigenvalue weighted by Gasteiger charge is 2.15. The van der Waals surface area contributed by atoms with E-state index in [9.17, 15) is 4.39 Å². The first-order valence-corrected chi connectivity index (χ1v) is 5.70. The fourth-order valence-corrected chi connectivity index (χ4v) is 1.39. The second-order valence-corrected chi connectivity index (χ2v) is 4.59. The molecule has 0 bridgehead atoms. The molecule has 0 unspecified atom stereocenters. The quantitative estimate of drug-likeness (QED) is 0.562. The number of nitrogens with zero attached hydrogens (tertiary/aromatic N) is 2. The third-order valence-corrected chi connectivity index (χ3v) is 2.48. The molecule has 0 aliphatic heterocycles. The molecule has 0 fully saturated rings. The van der Waals surface area contributed by atoms with E-state index < -0.39 is 5.95 Å². The highest BCUT2D eigenvalue weighted by molar-refractivity contribution is 5.17. The molecule has 0 N–H and O–H groups in total. The van der Waals surface area contributed by atoms with Crippen LogP contribution in [-0.2, 0) is 0 Å². The summed E-state index contributed by atoms with van der Waals surface area (Å²) in [6, 6.07) is 5.44. The first-order chi connectivity index (χ1) is 8.05. The number of hydrogen-bond acceptors (Lipinski definition) is 3. The number of aromatic nitrogens is 1. The van der Waals surface area contributed by atoms with Gasteiger partial charge in [0.2, 0.25) is 0 Å². The molecule has 0 spiro atoms. The van der Waals surface area contributed by atoms with Crippen molar-refractivity contribution in [3.8, 4) is 11.8 Å². The molecule has 0 aliphatic rings. The van der Waals surface area contributed by atoms with Crippen LogP contribution in [0.25, 0.3) is 0 Å². The molecule has 4 heteroatoms. The van der Waals surface area contributed by atoms with Gasteiger partial charge in [-0.2, -0.15) is 9.65 Å². The third-order valence-electron chi connectivity index (χ3n) is 2.48. The smallest absolute Gasteiger partial charge is 0.255 e. The Bertz CT molecular complexity index is 399. The van der Waals surface area contributed by atoms with Gasteiger partial charge in [0.25, 0.3) is 5.95 Å². The van der Waals surface area contributed by atoms with Crippen LogP contribution in [0.2, 0.25) is 0 Å². The van der Waals surface area contributed by atoms with Gasteiger partial charge in [-0.05, 0) is 45.2 Å². The zero-order chi connectivity index (χ0) is 12.7. The number of pyridine rings is 1. The molecule has 0 saturated carbocycles. The fourth-order valence-electron chi connectivity index (χ4n) is 1.39. The van der Waals surface area contributed by atoms with Crippen LogP contribution in [-0.4, -0.2) is 11.6 Å². The van der Waals surface area contributed by atoms with Gasteiger partial charge in [-0.15, -0.1) is 0 Å². The summed E-state index contributed by atoms with van der Waals surface area (Å²) in [5.41, 5.74) is -0.292. The highest BCUT2D eigenvalue weighted by atomic mass is 19.1. The summed E-state index contributed by atoms with van der Waals surface area (Å²) in [6.45, 7) is 4.27. The van der Waals surface area contributed by atoms with Crippen molar-refractivity contribution in [2.24, 2.45) is 5.41 Å². The molecule has 92 valence electrons. The molecule has 3 nitrogen and oxygen atoms in total. The normalized spacial score (nSPS) is 10.9. The summed E-state index contributed by atoms with van der Waals surface area (Å²) in [7, 11) is 0. The van der Waals surface area contributed by atoms with Gasteiger partial charge in [-0.1, -0.05) is 0 Å². The first-order valence-electron chi connectivity index (χ1n) is 5.70. The minimum Gasteiger partial charge on any atom is -0.489 e. The Labute approximate surface area is 101 Å². The van der Waals surface area contributed by atoms with Gasteiger partial charge in [0, 0.05) is 6.20 Å². The molecular weight excluding hydrogens is 219 g/mol. The fraction of sp³-hybridized carbons (Fsp3) is 0.538. The van der Waals surface area contributed by atoms with Gasteiger partial charge in [0.15, 0.2) is 5.75 Å². The molecule has 1 heterocycles. The number of unbranched alkanes of at least 4 members (excludes halogenated alkanes) is 1. The monoisotopic (exact) mass is 236 g/mol. The number of hydrogen-bond donors (Lipinski definition) is 0. The first kappa shape index (κ1) is 13.4. The van der Waals surface area contributed by atoms with Crippen molar-refractivity contribution in [3.05, 3.63) is 24.3 Å². The molecule has 0 aliphatic carbocycles. The largest absolute Gasteiger partial charge is 0.489 e. The van der Waals surface area contributed by atoms with Crippen molar-refractivity contribution in [2.45, 2.75) is 33.1 Å². The van der Waals surface area contributed by atoms with E-state index in [0.29, 0.717) is 6.61 Å². The average Bonchev–Trinajstić information content (AvgIpc) is 2.31.